The third-order valence-corrected chi connectivity index (χ3v) is 3.76. The summed E-state index contributed by atoms with van der Waals surface area (Å²) in [5.41, 5.74) is 1.40. The van der Waals surface area contributed by atoms with Gasteiger partial charge in [0.15, 0.2) is 0 Å². The third kappa shape index (κ3) is 2.77. The maximum absolute atomic E-state index is 5.76. The highest BCUT2D eigenvalue weighted by atomic mass is 35.5. The van der Waals surface area contributed by atoms with Gasteiger partial charge >= 0.3 is 0 Å². The average molecular weight is 240 g/mol. The molecule has 1 unspecified atom stereocenters. The average Bonchev–Trinajstić information content (AvgIpc) is 2.26. The lowest BCUT2D eigenvalue weighted by Gasteiger charge is -2.25. The van der Waals surface area contributed by atoms with Gasteiger partial charge in [-0.15, -0.1) is 11.8 Å². The molecular formula is C12H14ClNS. The molecule has 1 atom stereocenters. The molecule has 0 amide bonds. The van der Waals surface area contributed by atoms with Crippen LogP contribution in [0.25, 0.3) is 0 Å². The zero-order valence-electron chi connectivity index (χ0n) is 8.50. The van der Waals surface area contributed by atoms with Crippen molar-refractivity contribution >= 4 is 23.4 Å². The van der Waals surface area contributed by atoms with Crippen LogP contribution in [0.1, 0.15) is 18.0 Å². The highest BCUT2D eigenvalue weighted by Crippen LogP contribution is 2.35. The minimum Gasteiger partial charge on any atom is -0.305 e. The van der Waals surface area contributed by atoms with Crippen molar-refractivity contribution in [2.24, 2.45) is 0 Å². The standard InChI is InChI=1S/C12H14ClNS/c1-9(13)8-14-11-6-7-15-12-5-3-2-4-10(11)12/h2-5,11,14H,1,6-8H2. The predicted octanol–water partition coefficient (Wildman–Crippen LogP) is 3.57. The summed E-state index contributed by atoms with van der Waals surface area (Å²) in [6, 6.07) is 8.99. The molecule has 1 heterocycles. The summed E-state index contributed by atoms with van der Waals surface area (Å²) in [5.74, 6) is 1.17. The van der Waals surface area contributed by atoms with E-state index in [1.165, 1.54) is 16.2 Å². The fourth-order valence-corrected chi connectivity index (χ4v) is 2.99. The first kappa shape index (κ1) is 11.1. The van der Waals surface area contributed by atoms with E-state index in [1.807, 2.05) is 11.8 Å². The third-order valence-electron chi connectivity index (χ3n) is 2.50. The van der Waals surface area contributed by atoms with E-state index < -0.39 is 0 Å². The van der Waals surface area contributed by atoms with Crippen LogP contribution in [0.15, 0.2) is 40.8 Å². The molecule has 0 spiro atoms. The van der Waals surface area contributed by atoms with Gasteiger partial charge in [0.05, 0.1) is 0 Å². The second-order valence-corrected chi connectivity index (χ2v) is 5.30. The highest BCUT2D eigenvalue weighted by molar-refractivity contribution is 7.99. The number of rotatable bonds is 3. The Morgan fingerprint density at radius 1 is 1.53 bits per heavy atom. The molecule has 1 nitrogen and oxygen atoms in total. The highest BCUT2D eigenvalue weighted by Gasteiger charge is 2.19. The van der Waals surface area contributed by atoms with Gasteiger partial charge in [-0.1, -0.05) is 36.4 Å². The zero-order valence-corrected chi connectivity index (χ0v) is 10.1. The Labute approximate surface area is 99.9 Å². The van der Waals surface area contributed by atoms with E-state index in [9.17, 15) is 0 Å². The Kier molecular flexibility index (Phi) is 3.73. The second kappa shape index (κ2) is 5.06. The Hall–Kier alpha value is -0.440. The van der Waals surface area contributed by atoms with Crippen LogP contribution in [0.3, 0.4) is 0 Å². The van der Waals surface area contributed by atoms with Gasteiger partial charge in [-0.2, -0.15) is 0 Å². The summed E-state index contributed by atoms with van der Waals surface area (Å²) in [5, 5.41) is 4.10. The summed E-state index contributed by atoms with van der Waals surface area (Å²) in [7, 11) is 0. The van der Waals surface area contributed by atoms with Crippen molar-refractivity contribution in [3.8, 4) is 0 Å². The molecule has 0 aliphatic carbocycles. The van der Waals surface area contributed by atoms with E-state index in [0.29, 0.717) is 17.6 Å². The van der Waals surface area contributed by atoms with E-state index in [1.54, 1.807) is 0 Å². The summed E-state index contributed by atoms with van der Waals surface area (Å²) < 4.78 is 0. The molecule has 1 aromatic carbocycles. The normalized spacial score (nSPS) is 19.7. The van der Waals surface area contributed by atoms with Gasteiger partial charge in [-0.3, -0.25) is 0 Å². The summed E-state index contributed by atoms with van der Waals surface area (Å²) in [6.07, 6.45) is 1.16. The quantitative estimate of drug-likeness (QED) is 0.866. The van der Waals surface area contributed by atoms with Gasteiger partial charge in [-0.05, 0) is 23.8 Å². The Bertz CT molecular complexity index is 364. The second-order valence-electron chi connectivity index (χ2n) is 3.63. The van der Waals surface area contributed by atoms with Crippen LogP contribution in [-0.4, -0.2) is 12.3 Å². The molecule has 80 valence electrons. The van der Waals surface area contributed by atoms with Crippen LogP contribution in [-0.2, 0) is 0 Å². The number of thioether (sulfide) groups is 1. The van der Waals surface area contributed by atoms with Gasteiger partial charge < -0.3 is 5.32 Å². The van der Waals surface area contributed by atoms with Crippen LogP contribution in [0.2, 0.25) is 0 Å². The number of fused-ring (bicyclic) bond motifs is 1. The fourth-order valence-electron chi connectivity index (χ4n) is 1.79. The topological polar surface area (TPSA) is 12.0 Å². The molecule has 0 bridgehead atoms. The first-order valence-electron chi connectivity index (χ1n) is 5.06. The maximum Gasteiger partial charge on any atom is 0.0342 e. The maximum atomic E-state index is 5.76. The van der Waals surface area contributed by atoms with E-state index >= 15 is 0 Å². The first-order chi connectivity index (χ1) is 7.27. The molecule has 0 saturated carbocycles. The summed E-state index contributed by atoms with van der Waals surface area (Å²) in [6.45, 7) is 4.38. The zero-order chi connectivity index (χ0) is 10.7. The van der Waals surface area contributed by atoms with E-state index in [2.05, 4.69) is 36.2 Å². The Morgan fingerprint density at radius 2 is 2.33 bits per heavy atom. The molecule has 0 saturated heterocycles. The number of hydrogen-bond acceptors (Lipinski definition) is 2. The Balaban J connectivity index is 2.11. The van der Waals surface area contributed by atoms with E-state index in [4.69, 9.17) is 11.6 Å². The minimum atomic E-state index is 0.429. The monoisotopic (exact) mass is 239 g/mol. The number of nitrogens with one attached hydrogen (secondary N) is 1. The molecule has 1 aliphatic heterocycles. The molecule has 0 aromatic heterocycles. The Morgan fingerprint density at radius 3 is 3.13 bits per heavy atom. The van der Waals surface area contributed by atoms with Crippen molar-refractivity contribution in [2.75, 3.05) is 12.3 Å². The van der Waals surface area contributed by atoms with Gasteiger partial charge in [0.1, 0.15) is 0 Å². The van der Waals surface area contributed by atoms with Crippen LogP contribution in [0.5, 0.6) is 0 Å². The van der Waals surface area contributed by atoms with Gasteiger partial charge in [-0.25, -0.2) is 0 Å². The molecule has 15 heavy (non-hydrogen) atoms. The van der Waals surface area contributed by atoms with Crippen molar-refractivity contribution in [1.29, 1.82) is 0 Å². The van der Waals surface area contributed by atoms with Crippen LogP contribution >= 0.6 is 23.4 Å². The van der Waals surface area contributed by atoms with Gasteiger partial charge in [0.25, 0.3) is 0 Å². The van der Waals surface area contributed by atoms with Crippen molar-refractivity contribution in [2.45, 2.75) is 17.4 Å². The summed E-state index contributed by atoms with van der Waals surface area (Å²) in [4.78, 5) is 1.39. The number of halogens is 1. The van der Waals surface area contributed by atoms with Crippen LogP contribution < -0.4 is 5.32 Å². The number of hydrogen-bond donors (Lipinski definition) is 1. The molecule has 1 aromatic rings. The van der Waals surface area contributed by atoms with Gasteiger partial charge in [0, 0.05) is 22.5 Å². The lowest BCUT2D eigenvalue weighted by atomic mass is 10.0. The molecular weight excluding hydrogens is 226 g/mol. The van der Waals surface area contributed by atoms with Crippen molar-refractivity contribution in [3.05, 3.63) is 41.4 Å². The van der Waals surface area contributed by atoms with Crippen molar-refractivity contribution < 1.29 is 0 Å². The SMILES string of the molecule is C=C(Cl)CNC1CCSc2ccccc21. The predicted molar refractivity (Wildman–Crippen MR) is 67.5 cm³/mol. The molecule has 2 rings (SSSR count). The number of benzene rings is 1. The minimum absolute atomic E-state index is 0.429. The molecule has 0 fully saturated rings. The van der Waals surface area contributed by atoms with Crippen LogP contribution in [0, 0.1) is 0 Å². The van der Waals surface area contributed by atoms with E-state index in [-0.39, 0.29) is 0 Å². The molecule has 1 aliphatic rings. The first-order valence-corrected chi connectivity index (χ1v) is 6.42. The lowest BCUT2D eigenvalue weighted by Crippen LogP contribution is -2.25. The summed E-state index contributed by atoms with van der Waals surface area (Å²) >= 11 is 7.69. The van der Waals surface area contributed by atoms with E-state index in [0.717, 1.165) is 6.42 Å². The van der Waals surface area contributed by atoms with Crippen molar-refractivity contribution in [3.63, 3.8) is 0 Å². The molecule has 1 N–H and O–H groups in total. The molecule has 3 heteroatoms. The van der Waals surface area contributed by atoms with Crippen molar-refractivity contribution in [1.82, 2.24) is 5.32 Å². The molecule has 0 radical (unpaired) electrons. The van der Waals surface area contributed by atoms with Crippen LogP contribution in [0.4, 0.5) is 0 Å². The lowest BCUT2D eigenvalue weighted by molar-refractivity contribution is 0.539. The fraction of sp³-hybridized carbons (Fsp3) is 0.333. The van der Waals surface area contributed by atoms with Gasteiger partial charge in [0.2, 0.25) is 0 Å². The smallest absolute Gasteiger partial charge is 0.0342 e. The largest absolute Gasteiger partial charge is 0.305 e.